The summed E-state index contributed by atoms with van der Waals surface area (Å²) in [5.74, 6) is 0.366. The molecule has 3 fully saturated rings. The predicted molar refractivity (Wildman–Crippen MR) is 61.5 cm³/mol. The van der Waals surface area contributed by atoms with Gasteiger partial charge < -0.3 is 18.9 Å². The highest BCUT2D eigenvalue weighted by atomic mass is 16.7. The van der Waals surface area contributed by atoms with E-state index in [-0.39, 0.29) is 5.92 Å². The molecule has 2 bridgehead atoms. The summed E-state index contributed by atoms with van der Waals surface area (Å²) >= 11 is 0. The molecule has 4 heteroatoms. The second-order valence-corrected chi connectivity index (χ2v) is 5.74. The average molecular weight is 248 g/mol. The first kappa shape index (κ1) is 10.1. The molecule has 4 unspecified atom stereocenters. The summed E-state index contributed by atoms with van der Waals surface area (Å²) in [5, 5.41) is 0. The Bertz CT molecular complexity index is 443. The van der Waals surface area contributed by atoms with Crippen molar-refractivity contribution < 1.29 is 18.9 Å². The molecule has 2 saturated heterocycles. The highest BCUT2D eigenvalue weighted by molar-refractivity contribution is 5.33. The summed E-state index contributed by atoms with van der Waals surface area (Å²) in [7, 11) is 0. The molecular weight excluding hydrogens is 232 g/mol. The van der Waals surface area contributed by atoms with Crippen molar-refractivity contribution in [3.8, 4) is 0 Å². The maximum absolute atomic E-state index is 6.00. The summed E-state index contributed by atoms with van der Waals surface area (Å²) in [6.07, 6.45) is 8.87. The molecule has 2 heterocycles. The fraction of sp³-hybridized carbons (Fsp3) is 0.714. The SMILES string of the molecule is C1=CC2(OCCO2)C2C1C1C=CC2C12OCCO2. The first-order chi connectivity index (χ1) is 8.86. The van der Waals surface area contributed by atoms with Crippen LogP contribution in [0.5, 0.6) is 0 Å². The van der Waals surface area contributed by atoms with Gasteiger partial charge in [-0.15, -0.1) is 0 Å². The van der Waals surface area contributed by atoms with Crippen LogP contribution in [0, 0.1) is 23.7 Å². The number of hydrogen-bond acceptors (Lipinski definition) is 4. The Hall–Kier alpha value is -0.680. The van der Waals surface area contributed by atoms with Gasteiger partial charge in [0.25, 0.3) is 0 Å². The number of rotatable bonds is 0. The summed E-state index contributed by atoms with van der Waals surface area (Å²) in [6.45, 7) is 2.77. The third-order valence-electron chi connectivity index (χ3n) is 5.16. The Morgan fingerprint density at radius 3 is 2.22 bits per heavy atom. The molecule has 2 spiro atoms. The molecule has 0 N–H and O–H groups in total. The van der Waals surface area contributed by atoms with Gasteiger partial charge in [0.15, 0.2) is 11.6 Å². The van der Waals surface area contributed by atoms with Crippen LogP contribution >= 0.6 is 0 Å². The molecule has 4 atom stereocenters. The Balaban J connectivity index is 1.61. The first-order valence-corrected chi connectivity index (χ1v) is 6.79. The molecular formula is C14H16O4. The standard InChI is InChI=1S/C14H16O4/c1-2-11-12-9(3-4-13(12)15-5-6-16-13)10(1)14(11)17-7-8-18-14/h1-4,9-12H,5-8H2. The topological polar surface area (TPSA) is 36.9 Å². The Morgan fingerprint density at radius 1 is 0.778 bits per heavy atom. The molecule has 5 rings (SSSR count). The summed E-state index contributed by atoms with van der Waals surface area (Å²) in [4.78, 5) is 0. The number of ether oxygens (including phenoxy) is 4. The van der Waals surface area contributed by atoms with Gasteiger partial charge >= 0.3 is 0 Å². The van der Waals surface area contributed by atoms with Crippen LogP contribution in [0.25, 0.3) is 0 Å². The molecule has 0 aromatic rings. The number of fused-ring (bicyclic) bond motifs is 4. The molecule has 0 radical (unpaired) electrons. The number of allylic oxidation sites excluding steroid dienone is 1. The van der Waals surface area contributed by atoms with Crippen molar-refractivity contribution >= 4 is 0 Å². The lowest BCUT2D eigenvalue weighted by molar-refractivity contribution is -0.209. The Kier molecular flexibility index (Phi) is 1.73. The maximum Gasteiger partial charge on any atom is 0.192 e. The molecule has 3 aliphatic carbocycles. The molecule has 4 nitrogen and oxygen atoms in total. The fourth-order valence-corrected chi connectivity index (χ4v) is 4.64. The monoisotopic (exact) mass is 248 g/mol. The zero-order valence-electron chi connectivity index (χ0n) is 10.1. The van der Waals surface area contributed by atoms with Crippen molar-refractivity contribution in [3.63, 3.8) is 0 Å². The van der Waals surface area contributed by atoms with Crippen molar-refractivity contribution in [2.24, 2.45) is 23.7 Å². The van der Waals surface area contributed by atoms with Crippen LogP contribution in [0.3, 0.4) is 0 Å². The fourth-order valence-electron chi connectivity index (χ4n) is 4.64. The second kappa shape index (κ2) is 3.07. The van der Waals surface area contributed by atoms with Gasteiger partial charge in [-0.25, -0.2) is 0 Å². The van der Waals surface area contributed by atoms with Crippen molar-refractivity contribution in [2.75, 3.05) is 26.4 Å². The lowest BCUT2D eigenvalue weighted by Crippen LogP contribution is -2.43. The first-order valence-electron chi connectivity index (χ1n) is 6.79. The lowest BCUT2D eigenvalue weighted by Gasteiger charge is -2.34. The largest absolute Gasteiger partial charge is 0.346 e. The summed E-state index contributed by atoms with van der Waals surface area (Å²) < 4.78 is 23.8. The average Bonchev–Trinajstić information content (AvgIpc) is 3.17. The maximum atomic E-state index is 6.00. The Morgan fingerprint density at radius 2 is 1.44 bits per heavy atom. The molecule has 18 heavy (non-hydrogen) atoms. The van der Waals surface area contributed by atoms with Gasteiger partial charge in [-0.05, 0) is 12.0 Å². The lowest BCUT2D eigenvalue weighted by atomic mass is 9.82. The van der Waals surface area contributed by atoms with Crippen LogP contribution in [0.4, 0.5) is 0 Å². The van der Waals surface area contributed by atoms with Crippen LogP contribution in [0.2, 0.25) is 0 Å². The van der Waals surface area contributed by atoms with E-state index in [0.717, 1.165) is 0 Å². The van der Waals surface area contributed by atoms with E-state index in [1.54, 1.807) is 0 Å². The highest BCUT2D eigenvalue weighted by Crippen LogP contribution is 2.64. The summed E-state index contributed by atoms with van der Waals surface area (Å²) in [6, 6.07) is 0. The minimum atomic E-state index is -0.517. The quantitative estimate of drug-likeness (QED) is 0.601. The van der Waals surface area contributed by atoms with Crippen molar-refractivity contribution in [1.82, 2.24) is 0 Å². The zero-order chi connectivity index (χ0) is 11.8. The van der Waals surface area contributed by atoms with Gasteiger partial charge in [-0.1, -0.05) is 18.2 Å². The minimum Gasteiger partial charge on any atom is -0.346 e. The number of hydrogen-bond donors (Lipinski definition) is 0. The molecule has 1 saturated carbocycles. The van der Waals surface area contributed by atoms with Crippen LogP contribution in [0.15, 0.2) is 24.3 Å². The van der Waals surface area contributed by atoms with Crippen LogP contribution in [0.1, 0.15) is 0 Å². The van der Waals surface area contributed by atoms with Gasteiger partial charge in [0.1, 0.15) is 0 Å². The molecule has 5 aliphatic rings. The van der Waals surface area contributed by atoms with E-state index in [4.69, 9.17) is 18.9 Å². The molecule has 0 amide bonds. The van der Waals surface area contributed by atoms with E-state index in [2.05, 4.69) is 24.3 Å². The van der Waals surface area contributed by atoms with Crippen LogP contribution in [-0.2, 0) is 18.9 Å². The van der Waals surface area contributed by atoms with Crippen molar-refractivity contribution in [1.29, 1.82) is 0 Å². The van der Waals surface area contributed by atoms with Gasteiger partial charge in [0, 0.05) is 17.8 Å². The van der Waals surface area contributed by atoms with E-state index in [9.17, 15) is 0 Å². The molecule has 96 valence electrons. The van der Waals surface area contributed by atoms with E-state index in [1.807, 2.05) is 0 Å². The smallest absolute Gasteiger partial charge is 0.192 e. The summed E-state index contributed by atoms with van der Waals surface area (Å²) in [5.41, 5.74) is 0. The van der Waals surface area contributed by atoms with E-state index >= 15 is 0 Å². The molecule has 2 aliphatic heterocycles. The van der Waals surface area contributed by atoms with Crippen LogP contribution < -0.4 is 0 Å². The normalized spacial score (nSPS) is 48.9. The van der Waals surface area contributed by atoms with Gasteiger partial charge in [-0.3, -0.25) is 0 Å². The van der Waals surface area contributed by atoms with Crippen LogP contribution in [-0.4, -0.2) is 38.0 Å². The molecule has 0 aromatic heterocycles. The second-order valence-electron chi connectivity index (χ2n) is 5.74. The molecule has 0 aromatic carbocycles. The van der Waals surface area contributed by atoms with Gasteiger partial charge in [0.2, 0.25) is 0 Å². The van der Waals surface area contributed by atoms with Crippen molar-refractivity contribution in [2.45, 2.75) is 11.6 Å². The van der Waals surface area contributed by atoms with E-state index < -0.39 is 11.6 Å². The highest BCUT2D eigenvalue weighted by Gasteiger charge is 2.71. The van der Waals surface area contributed by atoms with E-state index in [1.165, 1.54) is 0 Å². The third kappa shape index (κ3) is 0.924. The zero-order valence-corrected chi connectivity index (χ0v) is 10.1. The van der Waals surface area contributed by atoms with Gasteiger partial charge in [-0.2, -0.15) is 0 Å². The predicted octanol–water partition coefficient (Wildman–Crippen LogP) is 1.09. The third-order valence-corrected chi connectivity index (χ3v) is 5.16. The Labute approximate surface area is 106 Å². The van der Waals surface area contributed by atoms with Crippen molar-refractivity contribution in [3.05, 3.63) is 24.3 Å². The van der Waals surface area contributed by atoms with E-state index in [0.29, 0.717) is 44.2 Å². The van der Waals surface area contributed by atoms with Gasteiger partial charge in [0.05, 0.1) is 26.4 Å². The minimum absolute atomic E-state index is 0.253.